The lowest BCUT2D eigenvalue weighted by Gasteiger charge is -2.12. The fourth-order valence-electron chi connectivity index (χ4n) is 1.26. The van der Waals surface area contributed by atoms with Gasteiger partial charge in [-0.1, -0.05) is 13.8 Å². The van der Waals surface area contributed by atoms with E-state index in [-0.39, 0.29) is 11.9 Å². The van der Waals surface area contributed by atoms with E-state index in [1.807, 2.05) is 13.8 Å². The van der Waals surface area contributed by atoms with Crippen LogP contribution in [-0.2, 0) is 14.3 Å². The highest BCUT2D eigenvalue weighted by Crippen LogP contribution is 2.13. The highest BCUT2D eigenvalue weighted by atomic mass is 16.5. The first kappa shape index (κ1) is 13.1. The normalized spacial score (nSPS) is 12.1. The van der Waals surface area contributed by atoms with Gasteiger partial charge in [-0.3, -0.25) is 4.79 Å². The SMILES string of the molecule is CCCOC(=O)C(CC)CCCC=O. The predicted octanol–water partition coefficient (Wildman–Crippen LogP) is 2.33. The molecule has 82 valence electrons. The van der Waals surface area contributed by atoms with Crippen molar-refractivity contribution in [3.63, 3.8) is 0 Å². The van der Waals surface area contributed by atoms with Crippen LogP contribution in [0.25, 0.3) is 0 Å². The Bertz CT molecular complexity index is 166. The number of unbranched alkanes of at least 4 members (excludes halogenated alkanes) is 1. The van der Waals surface area contributed by atoms with Crippen molar-refractivity contribution in [2.75, 3.05) is 6.61 Å². The van der Waals surface area contributed by atoms with Crippen molar-refractivity contribution in [3.05, 3.63) is 0 Å². The maximum atomic E-state index is 11.4. The molecule has 0 aromatic heterocycles. The third kappa shape index (κ3) is 5.73. The van der Waals surface area contributed by atoms with Gasteiger partial charge in [0.05, 0.1) is 12.5 Å². The second-order valence-electron chi connectivity index (χ2n) is 3.37. The summed E-state index contributed by atoms with van der Waals surface area (Å²) in [5, 5.41) is 0. The van der Waals surface area contributed by atoms with Crippen molar-refractivity contribution in [3.8, 4) is 0 Å². The molecule has 0 N–H and O–H groups in total. The monoisotopic (exact) mass is 200 g/mol. The molecule has 14 heavy (non-hydrogen) atoms. The molecule has 3 heteroatoms. The molecule has 0 aliphatic rings. The van der Waals surface area contributed by atoms with Crippen LogP contribution in [0, 0.1) is 5.92 Å². The van der Waals surface area contributed by atoms with Gasteiger partial charge in [-0.05, 0) is 25.7 Å². The molecule has 0 saturated carbocycles. The van der Waals surface area contributed by atoms with Crippen LogP contribution in [0.4, 0.5) is 0 Å². The van der Waals surface area contributed by atoms with Gasteiger partial charge in [-0.15, -0.1) is 0 Å². The molecule has 3 nitrogen and oxygen atoms in total. The number of carbonyl (C=O) groups is 2. The Morgan fingerprint density at radius 3 is 2.64 bits per heavy atom. The van der Waals surface area contributed by atoms with Crippen molar-refractivity contribution in [1.29, 1.82) is 0 Å². The summed E-state index contributed by atoms with van der Waals surface area (Å²) in [6.45, 7) is 4.45. The van der Waals surface area contributed by atoms with Gasteiger partial charge in [0.1, 0.15) is 6.29 Å². The van der Waals surface area contributed by atoms with Crippen molar-refractivity contribution in [1.82, 2.24) is 0 Å². The van der Waals surface area contributed by atoms with E-state index in [2.05, 4.69) is 0 Å². The fourth-order valence-corrected chi connectivity index (χ4v) is 1.26. The Kier molecular flexibility index (Phi) is 8.19. The molecule has 0 fully saturated rings. The zero-order chi connectivity index (χ0) is 10.8. The lowest BCUT2D eigenvalue weighted by Crippen LogP contribution is -2.17. The molecule has 0 aromatic carbocycles. The summed E-state index contributed by atoms with van der Waals surface area (Å²) in [6.07, 6.45) is 4.63. The summed E-state index contributed by atoms with van der Waals surface area (Å²) >= 11 is 0. The lowest BCUT2D eigenvalue weighted by atomic mass is 10.00. The summed E-state index contributed by atoms with van der Waals surface area (Å²) in [5.41, 5.74) is 0. The van der Waals surface area contributed by atoms with Gasteiger partial charge in [0.15, 0.2) is 0 Å². The lowest BCUT2D eigenvalue weighted by molar-refractivity contribution is -0.149. The minimum absolute atomic E-state index is 0.0264. The Labute approximate surface area is 85.8 Å². The molecule has 0 saturated heterocycles. The van der Waals surface area contributed by atoms with Crippen molar-refractivity contribution >= 4 is 12.3 Å². The van der Waals surface area contributed by atoms with E-state index in [0.29, 0.717) is 13.0 Å². The Hall–Kier alpha value is -0.860. The summed E-state index contributed by atoms with van der Waals surface area (Å²) in [6, 6.07) is 0. The third-order valence-corrected chi connectivity index (χ3v) is 2.15. The van der Waals surface area contributed by atoms with Crippen LogP contribution >= 0.6 is 0 Å². The third-order valence-electron chi connectivity index (χ3n) is 2.15. The van der Waals surface area contributed by atoms with E-state index < -0.39 is 0 Å². The molecule has 0 radical (unpaired) electrons. The number of ether oxygens (including phenoxy) is 1. The maximum absolute atomic E-state index is 11.4. The molecule has 0 amide bonds. The molecule has 0 rings (SSSR count). The smallest absolute Gasteiger partial charge is 0.308 e. The van der Waals surface area contributed by atoms with Gasteiger partial charge >= 0.3 is 5.97 Å². The zero-order valence-electron chi connectivity index (χ0n) is 9.12. The number of hydrogen-bond donors (Lipinski definition) is 0. The topological polar surface area (TPSA) is 43.4 Å². The predicted molar refractivity (Wildman–Crippen MR) is 54.9 cm³/mol. The number of carbonyl (C=O) groups excluding carboxylic acids is 2. The van der Waals surface area contributed by atoms with E-state index >= 15 is 0 Å². The Morgan fingerprint density at radius 1 is 1.43 bits per heavy atom. The van der Waals surface area contributed by atoms with Crippen LogP contribution in [0.15, 0.2) is 0 Å². The molecule has 0 aromatic rings. The van der Waals surface area contributed by atoms with E-state index in [0.717, 1.165) is 32.0 Å². The summed E-state index contributed by atoms with van der Waals surface area (Å²) in [5.74, 6) is -0.137. The second-order valence-corrected chi connectivity index (χ2v) is 3.37. The van der Waals surface area contributed by atoms with Crippen molar-refractivity contribution in [2.24, 2.45) is 5.92 Å². The highest BCUT2D eigenvalue weighted by Gasteiger charge is 2.16. The van der Waals surface area contributed by atoms with Crippen LogP contribution in [0.3, 0.4) is 0 Å². The van der Waals surface area contributed by atoms with Gasteiger partial charge in [0, 0.05) is 6.42 Å². The van der Waals surface area contributed by atoms with E-state index in [9.17, 15) is 9.59 Å². The largest absolute Gasteiger partial charge is 0.465 e. The fraction of sp³-hybridized carbons (Fsp3) is 0.818. The molecule has 0 aliphatic carbocycles. The van der Waals surface area contributed by atoms with Gasteiger partial charge in [0.25, 0.3) is 0 Å². The molecular weight excluding hydrogens is 180 g/mol. The molecule has 1 atom stereocenters. The quantitative estimate of drug-likeness (QED) is 0.343. The first-order valence-electron chi connectivity index (χ1n) is 5.36. The number of rotatable bonds is 8. The zero-order valence-corrected chi connectivity index (χ0v) is 9.12. The number of aldehydes is 1. The van der Waals surface area contributed by atoms with E-state index in [1.165, 1.54) is 0 Å². The summed E-state index contributed by atoms with van der Waals surface area (Å²) < 4.78 is 5.05. The average Bonchev–Trinajstić information content (AvgIpc) is 2.21. The standard InChI is InChI=1S/C11H20O3/c1-3-9-14-11(13)10(4-2)7-5-6-8-12/h8,10H,3-7,9H2,1-2H3. The highest BCUT2D eigenvalue weighted by molar-refractivity contribution is 5.72. The molecule has 0 heterocycles. The molecular formula is C11H20O3. The minimum Gasteiger partial charge on any atom is -0.465 e. The average molecular weight is 200 g/mol. The van der Waals surface area contributed by atoms with Crippen LogP contribution in [0.1, 0.15) is 46.0 Å². The first-order chi connectivity index (χ1) is 6.76. The van der Waals surface area contributed by atoms with Crippen LogP contribution in [-0.4, -0.2) is 18.9 Å². The van der Waals surface area contributed by atoms with Gasteiger partial charge in [0.2, 0.25) is 0 Å². The van der Waals surface area contributed by atoms with Crippen molar-refractivity contribution < 1.29 is 14.3 Å². The van der Waals surface area contributed by atoms with Crippen molar-refractivity contribution in [2.45, 2.75) is 46.0 Å². The number of esters is 1. The summed E-state index contributed by atoms with van der Waals surface area (Å²) in [4.78, 5) is 21.5. The van der Waals surface area contributed by atoms with Crippen LogP contribution in [0.5, 0.6) is 0 Å². The molecule has 0 aliphatic heterocycles. The van der Waals surface area contributed by atoms with Gasteiger partial charge in [-0.25, -0.2) is 0 Å². The summed E-state index contributed by atoms with van der Waals surface area (Å²) in [7, 11) is 0. The Balaban J connectivity index is 3.74. The number of hydrogen-bond acceptors (Lipinski definition) is 3. The van der Waals surface area contributed by atoms with Crippen LogP contribution < -0.4 is 0 Å². The molecule has 0 bridgehead atoms. The maximum Gasteiger partial charge on any atom is 0.308 e. The van der Waals surface area contributed by atoms with Gasteiger partial charge < -0.3 is 9.53 Å². The minimum atomic E-state index is -0.111. The second kappa shape index (κ2) is 8.73. The molecule has 1 unspecified atom stereocenters. The first-order valence-corrected chi connectivity index (χ1v) is 5.36. The Morgan fingerprint density at radius 2 is 2.14 bits per heavy atom. The van der Waals surface area contributed by atoms with E-state index in [4.69, 9.17) is 4.74 Å². The van der Waals surface area contributed by atoms with E-state index in [1.54, 1.807) is 0 Å². The molecule has 0 spiro atoms. The van der Waals surface area contributed by atoms with Crippen LogP contribution in [0.2, 0.25) is 0 Å². The van der Waals surface area contributed by atoms with Gasteiger partial charge in [-0.2, -0.15) is 0 Å².